The molecular weight excluding hydrogens is 434 g/mol. The topological polar surface area (TPSA) is 56.3 Å². The molecule has 2 unspecified atom stereocenters. The van der Waals surface area contributed by atoms with Crippen molar-refractivity contribution in [2.24, 2.45) is 0 Å². The lowest BCUT2D eigenvalue weighted by atomic mass is 10.0. The average Bonchev–Trinajstić information content (AvgIpc) is 3.62. The summed E-state index contributed by atoms with van der Waals surface area (Å²) in [6, 6.07) is 14.4. The van der Waals surface area contributed by atoms with Crippen molar-refractivity contribution in [1.82, 2.24) is 9.97 Å². The Morgan fingerprint density at radius 3 is 2.61 bits per heavy atom. The first kappa shape index (κ1) is 22.2. The van der Waals surface area contributed by atoms with Gasteiger partial charge in [-0.25, -0.2) is 9.97 Å². The van der Waals surface area contributed by atoms with E-state index in [1.54, 1.807) is 7.11 Å². The van der Waals surface area contributed by atoms with E-state index in [2.05, 4.69) is 43.4 Å². The third-order valence-electron chi connectivity index (χ3n) is 6.58. The number of anilines is 1. The molecule has 2 atom stereocenters. The smallest absolute Gasteiger partial charge is 0.148 e. The number of hydrogen-bond acceptors (Lipinski definition) is 5. The van der Waals surface area contributed by atoms with Crippen molar-refractivity contribution in [2.75, 3.05) is 19.0 Å². The predicted molar refractivity (Wildman–Crippen MR) is 132 cm³/mol. The van der Waals surface area contributed by atoms with Gasteiger partial charge in [-0.3, -0.25) is 0 Å². The van der Waals surface area contributed by atoms with E-state index >= 15 is 0 Å². The third kappa shape index (κ3) is 4.32. The molecule has 2 aromatic carbocycles. The van der Waals surface area contributed by atoms with Gasteiger partial charge in [0.25, 0.3) is 0 Å². The fourth-order valence-corrected chi connectivity index (χ4v) is 5.01. The van der Waals surface area contributed by atoms with Crippen LogP contribution in [0.2, 0.25) is 5.02 Å². The molecule has 6 heteroatoms. The van der Waals surface area contributed by atoms with Crippen LogP contribution in [-0.2, 0) is 17.6 Å². The fourth-order valence-electron chi connectivity index (χ4n) is 4.75. The summed E-state index contributed by atoms with van der Waals surface area (Å²) in [6.45, 7) is 4.86. The van der Waals surface area contributed by atoms with E-state index in [0.29, 0.717) is 17.5 Å². The summed E-state index contributed by atoms with van der Waals surface area (Å²) in [6.07, 6.45) is 4.03. The Morgan fingerprint density at radius 1 is 1.09 bits per heavy atom. The molecule has 5 nitrogen and oxygen atoms in total. The third-order valence-corrected chi connectivity index (χ3v) is 6.89. The molecule has 0 bridgehead atoms. The molecule has 33 heavy (non-hydrogen) atoms. The Morgan fingerprint density at radius 2 is 1.91 bits per heavy atom. The van der Waals surface area contributed by atoms with Crippen LogP contribution in [0.5, 0.6) is 5.75 Å². The molecule has 0 aliphatic heterocycles. The van der Waals surface area contributed by atoms with Gasteiger partial charge in [-0.1, -0.05) is 42.8 Å². The number of aromatic nitrogens is 2. The lowest BCUT2D eigenvalue weighted by Gasteiger charge is -2.24. The van der Waals surface area contributed by atoms with Crippen LogP contribution in [0.1, 0.15) is 61.2 Å². The molecule has 0 spiro atoms. The Labute approximate surface area is 200 Å². The number of fused-ring (bicyclic) bond motifs is 1. The molecule has 2 aliphatic carbocycles. The van der Waals surface area contributed by atoms with Gasteiger partial charge in [0.15, 0.2) is 0 Å². The van der Waals surface area contributed by atoms with Crippen LogP contribution in [0.3, 0.4) is 0 Å². The van der Waals surface area contributed by atoms with Crippen molar-refractivity contribution in [1.29, 1.82) is 0 Å². The Bertz CT molecular complexity index is 1160. The Balaban J connectivity index is 1.56. The molecule has 0 amide bonds. The minimum absolute atomic E-state index is 0.0585. The maximum absolute atomic E-state index is 6.64. The van der Waals surface area contributed by atoms with Gasteiger partial charge in [-0.15, -0.1) is 0 Å². The first-order valence-electron chi connectivity index (χ1n) is 11.8. The molecule has 1 heterocycles. The zero-order chi connectivity index (χ0) is 22.9. The summed E-state index contributed by atoms with van der Waals surface area (Å²) in [5.41, 5.74) is 6.40. The largest absolute Gasteiger partial charge is 0.497 e. The van der Waals surface area contributed by atoms with Gasteiger partial charge in [0, 0.05) is 24.5 Å². The van der Waals surface area contributed by atoms with E-state index in [9.17, 15) is 0 Å². The minimum Gasteiger partial charge on any atom is -0.497 e. The predicted octanol–water partition coefficient (Wildman–Crippen LogP) is 6.36. The summed E-state index contributed by atoms with van der Waals surface area (Å²) in [5, 5.41) is 4.37. The second-order valence-corrected chi connectivity index (χ2v) is 9.15. The van der Waals surface area contributed by atoms with Crippen LogP contribution in [0.15, 0.2) is 42.5 Å². The van der Waals surface area contributed by atoms with Crippen LogP contribution >= 0.6 is 11.6 Å². The van der Waals surface area contributed by atoms with Gasteiger partial charge >= 0.3 is 0 Å². The van der Waals surface area contributed by atoms with E-state index in [1.807, 2.05) is 18.2 Å². The second kappa shape index (κ2) is 9.32. The Kier molecular flexibility index (Phi) is 6.26. The summed E-state index contributed by atoms with van der Waals surface area (Å²) in [4.78, 5) is 10.3. The van der Waals surface area contributed by atoms with Gasteiger partial charge in [-0.05, 0) is 55.5 Å². The van der Waals surface area contributed by atoms with Crippen LogP contribution in [0.4, 0.5) is 5.82 Å². The van der Waals surface area contributed by atoms with Gasteiger partial charge in [0.2, 0.25) is 0 Å². The molecule has 1 aromatic heterocycles. The molecule has 1 saturated carbocycles. The van der Waals surface area contributed by atoms with Gasteiger partial charge < -0.3 is 14.8 Å². The normalized spacial score (nSPS) is 19.4. The monoisotopic (exact) mass is 463 g/mol. The number of aryl methyl sites for hydroxylation is 1. The van der Waals surface area contributed by atoms with Crippen LogP contribution < -0.4 is 10.1 Å². The van der Waals surface area contributed by atoms with Crippen LogP contribution in [0.25, 0.3) is 11.3 Å². The highest BCUT2D eigenvalue weighted by Gasteiger charge is 2.35. The molecule has 2 aliphatic rings. The van der Waals surface area contributed by atoms with Crippen molar-refractivity contribution >= 4 is 17.4 Å². The van der Waals surface area contributed by atoms with E-state index in [1.165, 1.54) is 11.1 Å². The maximum Gasteiger partial charge on any atom is 0.148 e. The lowest BCUT2D eigenvalue weighted by Crippen LogP contribution is -2.26. The van der Waals surface area contributed by atoms with Crippen molar-refractivity contribution in [3.05, 3.63) is 70.0 Å². The summed E-state index contributed by atoms with van der Waals surface area (Å²) in [7, 11) is 1.65. The highest BCUT2D eigenvalue weighted by atomic mass is 35.5. The molecule has 0 saturated heterocycles. The number of ether oxygens (including phenoxy) is 2. The van der Waals surface area contributed by atoms with Crippen molar-refractivity contribution in [3.63, 3.8) is 0 Å². The summed E-state index contributed by atoms with van der Waals surface area (Å²) in [5.74, 6) is 2.02. The van der Waals surface area contributed by atoms with E-state index < -0.39 is 0 Å². The minimum atomic E-state index is 0.0585. The molecule has 0 radical (unpaired) electrons. The molecule has 3 aromatic rings. The number of nitrogens with zero attached hydrogens (tertiary/aromatic N) is 2. The summed E-state index contributed by atoms with van der Waals surface area (Å²) < 4.78 is 11.5. The first-order chi connectivity index (χ1) is 16.1. The van der Waals surface area contributed by atoms with Gasteiger partial charge in [0.1, 0.15) is 11.6 Å². The highest BCUT2D eigenvalue weighted by Crippen LogP contribution is 2.45. The van der Waals surface area contributed by atoms with Gasteiger partial charge in [-0.2, -0.15) is 0 Å². The number of halogens is 1. The fraction of sp³-hybridized carbons (Fsp3) is 0.407. The van der Waals surface area contributed by atoms with E-state index in [-0.39, 0.29) is 12.1 Å². The SMILES string of the molecule is CCOC1Cc2ccccc2C1Nc1nc(C2CC2)c(-c2ccc(OC)cc2Cl)nc1CC. The molecule has 172 valence electrons. The Hall–Kier alpha value is -2.63. The van der Waals surface area contributed by atoms with E-state index in [0.717, 1.165) is 59.9 Å². The van der Waals surface area contributed by atoms with Crippen LogP contribution in [-0.4, -0.2) is 29.8 Å². The standard InChI is InChI=1S/C27H30ClN3O2/c1-4-22-27(31-25-19-9-7-6-8-17(19)14-23(25)33-5-2)30-24(16-10-11-16)26(29-22)20-13-12-18(32-3)15-21(20)28/h6-9,12-13,15-16,23,25H,4-5,10-11,14H2,1-3H3,(H,30,31). The second-order valence-electron chi connectivity index (χ2n) is 8.75. The number of rotatable bonds is 8. The lowest BCUT2D eigenvalue weighted by molar-refractivity contribution is 0.0573. The quantitative estimate of drug-likeness (QED) is 0.421. The van der Waals surface area contributed by atoms with Gasteiger partial charge in [0.05, 0.1) is 41.4 Å². The van der Waals surface area contributed by atoms with Crippen molar-refractivity contribution < 1.29 is 9.47 Å². The van der Waals surface area contributed by atoms with E-state index in [4.69, 9.17) is 31.0 Å². The van der Waals surface area contributed by atoms with Crippen LogP contribution in [0, 0.1) is 0 Å². The molecule has 5 rings (SSSR count). The zero-order valence-corrected chi connectivity index (χ0v) is 20.2. The molecular formula is C27H30ClN3O2. The zero-order valence-electron chi connectivity index (χ0n) is 19.4. The number of hydrogen-bond donors (Lipinski definition) is 1. The van der Waals surface area contributed by atoms with Crippen molar-refractivity contribution in [2.45, 2.75) is 57.6 Å². The van der Waals surface area contributed by atoms with Crippen molar-refractivity contribution in [3.8, 4) is 17.0 Å². The molecule has 1 fully saturated rings. The number of methoxy groups -OCH3 is 1. The average molecular weight is 464 g/mol. The number of benzene rings is 2. The number of nitrogens with one attached hydrogen (secondary N) is 1. The first-order valence-corrected chi connectivity index (χ1v) is 12.2. The maximum atomic E-state index is 6.64. The summed E-state index contributed by atoms with van der Waals surface area (Å²) >= 11 is 6.64. The molecule has 1 N–H and O–H groups in total. The highest BCUT2D eigenvalue weighted by molar-refractivity contribution is 6.33.